The number of piperazine rings is 1. The lowest BCUT2D eigenvalue weighted by Gasteiger charge is -2.34. The average Bonchev–Trinajstić information content (AvgIpc) is 3.30. The highest BCUT2D eigenvalue weighted by molar-refractivity contribution is 8.00. The highest BCUT2D eigenvalue weighted by atomic mass is 35.5. The first-order valence-corrected chi connectivity index (χ1v) is 14.0. The summed E-state index contributed by atoms with van der Waals surface area (Å²) in [6.45, 7) is 4.60. The SMILES string of the molecule is O=C(c1ccc([C@@H]2SCC(=O)N2Cc2ccc(Cl)cc2)cc1)N1CCN(C/C=C/c2ccccc2)CC1. The number of benzene rings is 3. The molecule has 5 rings (SSSR count). The van der Waals surface area contributed by atoms with E-state index >= 15 is 0 Å². The van der Waals surface area contributed by atoms with Crippen molar-refractivity contribution in [3.63, 3.8) is 0 Å². The first-order valence-electron chi connectivity index (χ1n) is 12.6. The summed E-state index contributed by atoms with van der Waals surface area (Å²) in [6, 6.07) is 25.7. The van der Waals surface area contributed by atoms with E-state index < -0.39 is 0 Å². The summed E-state index contributed by atoms with van der Waals surface area (Å²) in [6.07, 6.45) is 4.33. The van der Waals surface area contributed by atoms with Gasteiger partial charge in [0.1, 0.15) is 5.37 Å². The van der Waals surface area contributed by atoms with Crippen molar-refractivity contribution in [1.29, 1.82) is 0 Å². The van der Waals surface area contributed by atoms with Crippen molar-refractivity contribution < 1.29 is 9.59 Å². The summed E-state index contributed by atoms with van der Waals surface area (Å²) < 4.78 is 0. The summed E-state index contributed by atoms with van der Waals surface area (Å²) in [4.78, 5) is 31.9. The van der Waals surface area contributed by atoms with Gasteiger partial charge in [0.05, 0.1) is 5.75 Å². The van der Waals surface area contributed by atoms with Crippen LogP contribution in [0.25, 0.3) is 6.08 Å². The van der Waals surface area contributed by atoms with Crippen LogP contribution >= 0.6 is 23.4 Å². The molecule has 5 nitrogen and oxygen atoms in total. The molecule has 0 N–H and O–H groups in total. The zero-order valence-corrected chi connectivity index (χ0v) is 22.2. The number of hydrogen-bond acceptors (Lipinski definition) is 4. The third-order valence-corrected chi connectivity index (χ3v) is 8.32. The lowest BCUT2D eigenvalue weighted by molar-refractivity contribution is -0.128. The fraction of sp³-hybridized carbons (Fsp3) is 0.267. The standard InChI is InChI=1S/C30H30ClN3O2S/c31-27-14-8-24(9-15-27)21-34-28(35)22-37-30(34)26-12-10-25(11-13-26)29(36)33-19-17-32(18-20-33)16-4-7-23-5-2-1-3-6-23/h1-15,30H,16-22H2/b7-4+/t30-/m0/s1. The molecular formula is C30H30ClN3O2S. The minimum absolute atomic E-state index is 0.0557. The van der Waals surface area contributed by atoms with Crippen LogP contribution in [0, 0.1) is 0 Å². The van der Waals surface area contributed by atoms with E-state index in [4.69, 9.17) is 11.6 Å². The van der Waals surface area contributed by atoms with Crippen LogP contribution in [0.4, 0.5) is 0 Å². The molecular weight excluding hydrogens is 502 g/mol. The van der Waals surface area contributed by atoms with Crippen molar-refractivity contribution in [3.8, 4) is 0 Å². The number of hydrogen-bond donors (Lipinski definition) is 0. The van der Waals surface area contributed by atoms with Crippen LogP contribution in [-0.4, -0.2) is 65.0 Å². The summed E-state index contributed by atoms with van der Waals surface area (Å²) in [7, 11) is 0. The Labute approximate surface area is 227 Å². The molecule has 2 heterocycles. The van der Waals surface area contributed by atoms with Crippen molar-refractivity contribution in [2.75, 3.05) is 38.5 Å². The van der Waals surface area contributed by atoms with Gasteiger partial charge in [0.25, 0.3) is 5.91 Å². The molecule has 0 radical (unpaired) electrons. The molecule has 0 spiro atoms. The van der Waals surface area contributed by atoms with Crippen LogP contribution in [0.3, 0.4) is 0 Å². The van der Waals surface area contributed by atoms with E-state index in [0.717, 1.165) is 43.9 Å². The van der Waals surface area contributed by atoms with Crippen molar-refractivity contribution in [2.24, 2.45) is 0 Å². The zero-order chi connectivity index (χ0) is 25.6. The fourth-order valence-corrected chi connectivity index (χ4v) is 6.01. The minimum atomic E-state index is -0.0557. The molecule has 37 heavy (non-hydrogen) atoms. The third-order valence-electron chi connectivity index (χ3n) is 6.81. The van der Waals surface area contributed by atoms with Gasteiger partial charge in [0.2, 0.25) is 5.91 Å². The Hall–Kier alpha value is -3.06. The number of carbonyl (C=O) groups is 2. The molecule has 1 atom stereocenters. The molecule has 2 aliphatic heterocycles. The monoisotopic (exact) mass is 531 g/mol. The number of halogens is 1. The molecule has 0 unspecified atom stereocenters. The van der Waals surface area contributed by atoms with Crippen LogP contribution in [-0.2, 0) is 11.3 Å². The van der Waals surface area contributed by atoms with E-state index in [1.807, 2.05) is 76.5 Å². The largest absolute Gasteiger partial charge is 0.336 e. The van der Waals surface area contributed by atoms with Crippen molar-refractivity contribution in [2.45, 2.75) is 11.9 Å². The average molecular weight is 532 g/mol. The van der Waals surface area contributed by atoms with E-state index in [9.17, 15) is 9.59 Å². The molecule has 0 aromatic heterocycles. The summed E-state index contributed by atoms with van der Waals surface area (Å²) in [5.41, 5.74) is 3.98. The van der Waals surface area contributed by atoms with Gasteiger partial charge in [-0.15, -0.1) is 11.8 Å². The van der Waals surface area contributed by atoms with Gasteiger partial charge in [-0.25, -0.2) is 0 Å². The van der Waals surface area contributed by atoms with Crippen molar-refractivity contribution >= 4 is 41.3 Å². The summed E-state index contributed by atoms with van der Waals surface area (Å²) >= 11 is 7.63. The van der Waals surface area contributed by atoms with E-state index in [-0.39, 0.29) is 17.2 Å². The quantitative estimate of drug-likeness (QED) is 0.399. The Balaban J connectivity index is 1.15. The molecule has 3 aromatic carbocycles. The highest BCUT2D eigenvalue weighted by Crippen LogP contribution is 2.39. The first kappa shape index (κ1) is 25.6. The third kappa shape index (κ3) is 6.45. The Morgan fingerprint density at radius 3 is 2.32 bits per heavy atom. The van der Waals surface area contributed by atoms with Crippen molar-refractivity contribution in [1.82, 2.24) is 14.7 Å². The van der Waals surface area contributed by atoms with E-state index in [0.29, 0.717) is 22.9 Å². The molecule has 3 aromatic rings. The predicted octanol–water partition coefficient (Wildman–Crippen LogP) is 5.59. The molecule has 7 heteroatoms. The van der Waals surface area contributed by atoms with Gasteiger partial charge in [-0.1, -0.05) is 78.4 Å². The molecule has 2 fully saturated rings. The van der Waals surface area contributed by atoms with Gasteiger partial charge in [-0.2, -0.15) is 0 Å². The highest BCUT2D eigenvalue weighted by Gasteiger charge is 2.33. The van der Waals surface area contributed by atoms with Crippen molar-refractivity contribution in [3.05, 3.63) is 112 Å². The molecule has 2 saturated heterocycles. The fourth-order valence-electron chi connectivity index (χ4n) is 4.70. The number of carbonyl (C=O) groups excluding carboxylic acids is 2. The molecule has 0 bridgehead atoms. The van der Waals surface area contributed by atoms with Crippen LogP contribution in [0.5, 0.6) is 0 Å². The molecule has 190 valence electrons. The Morgan fingerprint density at radius 2 is 1.62 bits per heavy atom. The number of amides is 2. The lowest BCUT2D eigenvalue weighted by atomic mass is 10.1. The van der Waals surface area contributed by atoms with Crippen LogP contribution < -0.4 is 0 Å². The van der Waals surface area contributed by atoms with E-state index in [1.165, 1.54) is 5.56 Å². The van der Waals surface area contributed by atoms with Crippen LogP contribution in [0.2, 0.25) is 5.02 Å². The van der Waals surface area contributed by atoms with Gasteiger partial charge >= 0.3 is 0 Å². The molecule has 0 saturated carbocycles. The number of nitrogens with zero attached hydrogens (tertiary/aromatic N) is 3. The second kappa shape index (κ2) is 12.0. The normalized spacial score (nSPS) is 18.6. The summed E-state index contributed by atoms with van der Waals surface area (Å²) in [5, 5.41) is 0.629. The Bertz CT molecular complexity index is 1240. The van der Waals surface area contributed by atoms with Crippen LogP contribution in [0.1, 0.15) is 32.4 Å². The Kier molecular flexibility index (Phi) is 8.29. The first-order chi connectivity index (χ1) is 18.1. The maximum atomic E-state index is 13.1. The molecule has 2 aliphatic rings. The maximum Gasteiger partial charge on any atom is 0.253 e. The number of thioether (sulfide) groups is 1. The predicted molar refractivity (Wildman–Crippen MR) is 151 cm³/mol. The second-order valence-corrected chi connectivity index (χ2v) is 10.8. The van der Waals surface area contributed by atoms with Gasteiger partial charge in [0.15, 0.2) is 0 Å². The zero-order valence-electron chi connectivity index (χ0n) is 20.6. The molecule has 2 amide bonds. The van der Waals surface area contributed by atoms with Gasteiger partial charge in [-0.05, 0) is 41.0 Å². The van der Waals surface area contributed by atoms with Gasteiger partial charge in [-0.3, -0.25) is 14.5 Å². The Morgan fingerprint density at radius 1 is 0.919 bits per heavy atom. The van der Waals surface area contributed by atoms with Gasteiger partial charge < -0.3 is 9.80 Å². The van der Waals surface area contributed by atoms with E-state index in [2.05, 4.69) is 29.2 Å². The molecule has 0 aliphatic carbocycles. The second-order valence-electron chi connectivity index (χ2n) is 9.34. The lowest BCUT2D eigenvalue weighted by Crippen LogP contribution is -2.48. The topological polar surface area (TPSA) is 43.9 Å². The smallest absolute Gasteiger partial charge is 0.253 e. The minimum Gasteiger partial charge on any atom is -0.336 e. The van der Waals surface area contributed by atoms with Crippen LogP contribution in [0.15, 0.2) is 84.9 Å². The summed E-state index contributed by atoms with van der Waals surface area (Å²) in [5.74, 6) is 0.657. The number of rotatable bonds is 7. The van der Waals surface area contributed by atoms with Gasteiger partial charge in [0, 0.05) is 49.9 Å². The maximum absolute atomic E-state index is 13.1. The van der Waals surface area contributed by atoms with E-state index in [1.54, 1.807) is 11.8 Å².